The molecule has 2 aromatic heterocycles. The van der Waals surface area contributed by atoms with Gasteiger partial charge in [-0.3, -0.25) is 5.10 Å². The highest BCUT2D eigenvalue weighted by Crippen LogP contribution is 2.28. The van der Waals surface area contributed by atoms with Gasteiger partial charge in [-0.15, -0.1) is 0 Å². The molecule has 0 unspecified atom stereocenters. The fourth-order valence-electron chi connectivity index (χ4n) is 2.08. The van der Waals surface area contributed by atoms with Crippen molar-refractivity contribution >= 4 is 28.5 Å². The second-order valence-electron chi connectivity index (χ2n) is 4.65. The number of aromatic amines is 1. The largest absolute Gasteiger partial charge is 0.357 e. The number of aromatic nitrogens is 4. The summed E-state index contributed by atoms with van der Waals surface area (Å²) in [6, 6.07) is 8.31. The summed E-state index contributed by atoms with van der Waals surface area (Å²) in [7, 11) is 3.78. The molecule has 20 heavy (non-hydrogen) atoms. The number of nitrogens with zero attached hydrogens (tertiary/aromatic N) is 4. The Balaban J connectivity index is 2.12. The van der Waals surface area contributed by atoms with Gasteiger partial charge in [0, 0.05) is 19.8 Å². The summed E-state index contributed by atoms with van der Waals surface area (Å²) in [6.07, 6.45) is 1.74. The first kappa shape index (κ1) is 12.4. The highest BCUT2D eigenvalue weighted by atomic mass is 15.2. The van der Waals surface area contributed by atoms with Crippen LogP contribution in [0.2, 0.25) is 0 Å². The van der Waals surface area contributed by atoms with E-state index in [0.717, 1.165) is 22.5 Å². The molecule has 0 saturated heterocycles. The van der Waals surface area contributed by atoms with Crippen LogP contribution < -0.4 is 10.2 Å². The average Bonchev–Trinajstić information content (AvgIpc) is 2.94. The molecular weight excluding hydrogens is 252 g/mol. The van der Waals surface area contributed by atoms with Gasteiger partial charge in [0.25, 0.3) is 0 Å². The molecule has 6 nitrogen and oxygen atoms in total. The van der Waals surface area contributed by atoms with Gasteiger partial charge in [0.2, 0.25) is 5.95 Å². The van der Waals surface area contributed by atoms with Gasteiger partial charge in [-0.1, -0.05) is 17.7 Å². The van der Waals surface area contributed by atoms with Crippen molar-refractivity contribution in [2.24, 2.45) is 0 Å². The molecule has 0 fully saturated rings. The number of H-pyrrole nitrogens is 1. The lowest BCUT2D eigenvalue weighted by molar-refractivity contribution is 1.07. The van der Waals surface area contributed by atoms with E-state index >= 15 is 0 Å². The molecule has 102 valence electrons. The molecule has 3 rings (SSSR count). The molecule has 0 aliphatic rings. The van der Waals surface area contributed by atoms with Crippen LogP contribution >= 0.6 is 0 Å². The number of benzene rings is 1. The number of fused-ring (bicyclic) bond motifs is 1. The van der Waals surface area contributed by atoms with E-state index in [4.69, 9.17) is 0 Å². The van der Waals surface area contributed by atoms with Crippen molar-refractivity contribution in [2.45, 2.75) is 6.92 Å². The minimum absolute atomic E-state index is 0.565. The molecule has 0 aliphatic carbocycles. The van der Waals surface area contributed by atoms with Crippen LogP contribution in [0.3, 0.4) is 0 Å². The summed E-state index contributed by atoms with van der Waals surface area (Å²) in [5.41, 5.74) is 3.02. The number of rotatable bonds is 3. The predicted octanol–water partition coefficient (Wildman–Crippen LogP) is 2.47. The van der Waals surface area contributed by atoms with Crippen LogP contribution in [-0.2, 0) is 0 Å². The third-order valence-electron chi connectivity index (χ3n) is 3.25. The van der Waals surface area contributed by atoms with Crippen molar-refractivity contribution in [3.63, 3.8) is 0 Å². The number of aryl methyl sites for hydroxylation is 1. The minimum atomic E-state index is 0.565. The first-order valence-electron chi connectivity index (χ1n) is 6.38. The van der Waals surface area contributed by atoms with Crippen LogP contribution in [0.4, 0.5) is 17.5 Å². The van der Waals surface area contributed by atoms with E-state index in [9.17, 15) is 0 Å². The van der Waals surface area contributed by atoms with Crippen LogP contribution in [0, 0.1) is 6.92 Å². The molecule has 3 aromatic rings. The Morgan fingerprint density at radius 2 is 1.90 bits per heavy atom. The van der Waals surface area contributed by atoms with Gasteiger partial charge in [0.05, 0.1) is 11.6 Å². The summed E-state index contributed by atoms with van der Waals surface area (Å²) < 4.78 is 0. The molecule has 0 saturated carbocycles. The SMILES string of the molecule is CNc1nc(N(C)c2ccc(C)cc2)c2cn[nH]c2n1. The average molecular weight is 268 g/mol. The molecule has 0 aliphatic heterocycles. The van der Waals surface area contributed by atoms with Crippen molar-refractivity contribution in [1.82, 2.24) is 20.2 Å². The van der Waals surface area contributed by atoms with Crippen molar-refractivity contribution < 1.29 is 0 Å². The first-order chi connectivity index (χ1) is 9.69. The van der Waals surface area contributed by atoms with Gasteiger partial charge in [-0.25, -0.2) is 0 Å². The van der Waals surface area contributed by atoms with Crippen molar-refractivity contribution in [1.29, 1.82) is 0 Å². The maximum atomic E-state index is 4.53. The second-order valence-corrected chi connectivity index (χ2v) is 4.65. The fourth-order valence-corrected chi connectivity index (χ4v) is 2.08. The van der Waals surface area contributed by atoms with Crippen LogP contribution in [0.25, 0.3) is 11.0 Å². The van der Waals surface area contributed by atoms with Gasteiger partial charge in [0.1, 0.15) is 5.82 Å². The van der Waals surface area contributed by atoms with E-state index in [1.807, 2.05) is 11.9 Å². The lowest BCUT2D eigenvalue weighted by atomic mass is 10.2. The molecular formula is C14H16N6. The molecule has 2 heterocycles. The fraction of sp³-hybridized carbons (Fsp3) is 0.214. The van der Waals surface area contributed by atoms with Crippen molar-refractivity contribution in [3.05, 3.63) is 36.0 Å². The third kappa shape index (κ3) is 2.05. The maximum absolute atomic E-state index is 4.53. The van der Waals surface area contributed by atoms with Gasteiger partial charge in [0.15, 0.2) is 5.65 Å². The Kier molecular flexibility index (Phi) is 2.98. The molecule has 0 amide bonds. The monoisotopic (exact) mass is 268 g/mol. The second kappa shape index (κ2) is 4.80. The van der Waals surface area contributed by atoms with E-state index < -0.39 is 0 Å². The standard InChI is InChI=1S/C14H16N6/c1-9-4-6-10(7-5-9)20(3)13-11-8-16-19-12(11)17-14(15-2)18-13/h4-8H,1-3H3,(H2,15,16,17,18,19). The normalized spacial score (nSPS) is 10.8. The summed E-state index contributed by atoms with van der Waals surface area (Å²) in [6.45, 7) is 2.07. The molecule has 2 N–H and O–H groups in total. The van der Waals surface area contributed by atoms with Crippen LogP contribution in [0.5, 0.6) is 0 Å². The Bertz CT molecular complexity index is 731. The zero-order chi connectivity index (χ0) is 14.1. The number of nitrogens with one attached hydrogen (secondary N) is 2. The van der Waals surface area contributed by atoms with Crippen molar-refractivity contribution in [3.8, 4) is 0 Å². The molecule has 1 aromatic carbocycles. The van der Waals surface area contributed by atoms with E-state index in [-0.39, 0.29) is 0 Å². The Morgan fingerprint density at radius 3 is 2.60 bits per heavy atom. The summed E-state index contributed by atoms with van der Waals surface area (Å²) >= 11 is 0. The molecule has 0 atom stereocenters. The van der Waals surface area contributed by atoms with E-state index in [1.54, 1.807) is 13.2 Å². The molecule has 0 radical (unpaired) electrons. The lowest BCUT2D eigenvalue weighted by Gasteiger charge is -2.19. The minimum Gasteiger partial charge on any atom is -0.357 e. The molecule has 0 bridgehead atoms. The topological polar surface area (TPSA) is 69.7 Å². The zero-order valence-corrected chi connectivity index (χ0v) is 11.7. The highest BCUT2D eigenvalue weighted by Gasteiger charge is 2.14. The van der Waals surface area contributed by atoms with Crippen molar-refractivity contribution in [2.75, 3.05) is 24.3 Å². The van der Waals surface area contributed by atoms with Gasteiger partial charge in [-0.2, -0.15) is 15.1 Å². The van der Waals surface area contributed by atoms with Crippen LogP contribution in [0.1, 0.15) is 5.56 Å². The summed E-state index contributed by atoms with van der Waals surface area (Å²) in [5, 5.41) is 10.8. The summed E-state index contributed by atoms with van der Waals surface area (Å²) in [5.74, 6) is 1.38. The van der Waals surface area contributed by atoms with Gasteiger partial charge < -0.3 is 10.2 Å². The van der Waals surface area contributed by atoms with Crippen LogP contribution in [0.15, 0.2) is 30.5 Å². The molecule has 0 spiro atoms. The maximum Gasteiger partial charge on any atom is 0.226 e. The van der Waals surface area contributed by atoms with E-state index in [2.05, 4.69) is 56.7 Å². The highest BCUT2D eigenvalue weighted by molar-refractivity contribution is 5.89. The van der Waals surface area contributed by atoms with E-state index in [0.29, 0.717) is 5.95 Å². The van der Waals surface area contributed by atoms with Gasteiger partial charge in [-0.05, 0) is 19.1 Å². The van der Waals surface area contributed by atoms with Crippen LogP contribution in [-0.4, -0.2) is 34.3 Å². The third-order valence-corrected chi connectivity index (χ3v) is 3.25. The quantitative estimate of drug-likeness (QED) is 0.763. The Hall–Kier alpha value is -2.63. The smallest absolute Gasteiger partial charge is 0.226 e. The lowest BCUT2D eigenvalue weighted by Crippen LogP contribution is -2.13. The van der Waals surface area contributed by atoms with Gasteiger partial charge >= 0.3 is 0 Å². The molecule has 6 heteroatoms. The number of hydrogen-bond acceptors (Lipinski definition) is 5. The Morgan fingerprint density at radius 1 is 1.15 bits per heavy atom. The van der Waals surface area contributed by atoms with E-state index in [1.165, 1.54) is 5.56 Å². The number of anilines is 3. The number of hydrogen-bond donors (Lipinski definition) is 2. The zero-order valence-electron chi connectivity index (χ0n) is 11.7. The summed E-state index contributed by atoms with van der Waals surface area (Å²) in [4.78, 5) is 10.9. The predicted molar refractivity (Wildman–Crippen MR) is 80.5 cm³/mol. The first-order valence-corrected chi connectivity index (χ1v) is 6.38. The Labute approximate surface area is 116 Å².